The number of hydrogen-bond acceptors (Lipinski definition) is 1. The van der Waals surface area contributed by atoms with Gasteiger partial charge in [0.05, 0.1) is 0 Å². The zero-order valence-corrected chi connectivity index (χ0v) is 10.9. The zero-order valence-electron chi connectivity index (χ0n) is 10.2. The predicted molar refractivity (Wildman–Crippen MR) is 69.9 cm³/mol. The Labute approximate surface area is 107 Å². The topological polar surface area (TPSA) is 12.0 Å². The van der Waals surface area contributed by atoms with Crippen LogP contribution in [-0.2, 0) is 6.42 Å². The normalized spacial score (nSPS) is 24.2. The van der Waals surface area contributed by atoms with Crippen LogP contribution in [0.2, 0.25) is 5.02 Å². The second-order valence-corrected chi connectivity index (χ2v) is 5.39. The maximum absolute atomic E-state index is 13.7. The summed E-state index contributed by atoms with van der Waals surface area (Å²) < 4.78 is 13.7. The first-order valence-corrected chi connectivity index (χ1v) is 6.67. The molecule has 1 N–H and O–H groups in total. The number of hydrogen-bond donors (Lipinski definition) is 1. The van der Waals surface area contributed by atoms with Crippen molar-refractivity contribution in [2.24, 2.45) is 11.8 Å². The van der Waals surface area contributed by atoms with Gasteiger partial charge < -0.3 is 5.32 Å². The van der Waals surface area contributed by atoms with E-state index < -0.39 is 0 Å². The van der Waals surface area contributed by atoms with Gasteiger partial charge in [-0.2, -0.15) is 0 Å². The third kappa shape index (κ3) is 3.20. The van der Waals surface area contributed by atoms with Crippen molar-refractivity contribution in [3.63, 3.8) is 0 Å². The van der Waals surface area contributed by atoms with Gasteiger partial charge in [0, 0.05) is 5.02 Å². The number of rotatable bonds is 4. The SMILES string of the molecule is CNCC1CCCC1Cc1cc(Cl)ccc1F. The first-order chi connectivity index (χ1) is 8.20. The quantitative estimate of drug-likeness (QED) is 0.866. The van der Waals surface area contributed by atoms with Crippen molar-refractivity contribution in [3.8, 4) is 0 Å². The molecule has 0 bridgehead atoms. The van der Waals surface area contributed by atoms with Gasteiger partial charge in [-0.15, -0.1) is 0 Å². The molecule has 0 aromatic heterocycles. The fraction of sp³-hybridized carbons (Fsp3) is 0.571. The molecule has 1 aromatic rings. The lowest BCUT2D eigenvalue weighted by Gasteiger charge is -2.19. The molecule has 0 amide bonds. The van der Waals surface area contributed by atoms with Gasteiger partial charge in [-0.25, -0.2) is 4.39 Å². The summed E-state index contributed by atoms with van der Waals surface area (Å²) in [4.78, 5) is 0. The van der Waals surface area contributed by atoms with Gasteiger partial charge in [0.1, 0.15) is 5.82 Å². The Hall–Kier alpha value is -0.600. The molecule has 0 saturated heterocycles. The van der Waals surface area contributed by atoms with Crippen molar-refractivity contribution in [3.05, 3.63) is 34.6 Å². The largest absolute Gasteiger partial charge is 0.319 e. The molecule has 2 unspecified atom stereocenters. The van der Waals surface area contributed by atoms with Crippen LogP contribution in [0.3, 0.4) is 0 Å². The molecule has 1 saturated carbocycles. The lowest BCUT2D eigenvalue weighted by molar-refractivity contribution is 0.370. The summed E-state index contributed by atoms with van der Waals surface area (Å²) in [5, 5.41) is 3.86. The van der Waals surface area contributed by atoms with Crippen molar-refractivity contribution in [1.29, 1.82) is 0 Å². The molecule has 94 valence electrons. The highest BCUT2D eigenvalue weighted by Crippen LogP contribution is 2.34. The van der Waals surface area contributed by atoms with Crippen LogP contribution >= 0.6 is 11.6 Å². The molecule has 1 aliphatic carbocycles. The van der Waals surface area contributed by atoms with E-state index in [4.69, 9.17) is 11.6 Å². The van der Waals surface area contributed by atoms with E-state index in [0.717, 1.165) is 18.5 Å². The van der Waals surface area contributed by atoms with Crippen LogP contribution in [0.5, 0.6) is 0 Å². The van der Waals surface area contributed by atoms with Crippen LogP contribution < -0.4 is 5.32 Å². The molecule has 1 aliphatic rings. The number of nitrogens with one attached hydrogen (secondary N) is 1. The number of benzene rings is 1. The summed E-state index contributed by atoms with van der Waals surface area (Å²) in [6, 6.07) is 4.85. The average Bonchev–Trinajstić information content (AvgIpc) is 2.72. The summed E-state index contributed by atoms with van der Waals surface area (Å²) in [7, 11) is 1.98. The van der Waals surface area contributed by atoms with E-state index in [1.165, 1.54) is 25.3 Å². The minimum Gasteiger partial charge on any atom is -0.319 e. The summed E-state index contributed by atoms with van der Waals surface area (Å²) in [5.41, 5.74) is 0.769. The highest BCUT2D eigenvalue weighted by molar-refractivity contribution is 6.30. The second-order valence-electron chi connectivity index (χ2n) is 4.95. The van der Waals surface area contributed by atoms with E-state index in [1.807, 2.05) is 7.05 Å². The van der Waals surface area contributed by atoms with Gasteiger partial charge in [-0.3, -0.25) is 0 Å². The van der Waals surface area contributed by atoms with Crippen LogP contribution in [0.4, 0.5) is 4.39 Å². The first-order valence-electron chi connectivity index (χ1n) is 6.29. The third-order valence-electron chi connectivity index (χ3n) is 3.77. The van der Waals surface area contributed by atoms with Crippen LogP contribution in [0.1, 0.15) is 24.8 Å². The van der Waals surface area contributed by atoms with Gasteiger partial charge >= 0.3 is 0 Å². The minimum atomic E-state index is -0.121. The molecule has 1 nitrogen and oxygen atoms in total. The van der Waals surface area contributed by atoms with Gasteiger partial charge in [-0.05, 0) is 68.5 Å². The fourth-order valence-corrected chi connectivity index (χ4v) is 3.09. The van der Waals surface area contributed by atoms with Gasteiger partial charge in [0.2, 0.25) is 0 Å². The summed E-state index contributed by atoms with van der Waals surface area (Å²) in [5.74, 6) is 1.15. The lowest BCUT2D eigenvalue weighted by Crippen LogP contribution is -2.23. The molecule has 0 heterocycles. The van der Waals surface area contributed by atoms with Crippen LogP contribution in [0.25, 0.3) is 0 Å². The Morgan fingerprint density at radius 3 is 2.88 bits per heavy atom. The van der Waals surface area contributed by atoms with Gasteiger partial charge in [0.25, 0.3) is 0 Å². The molecule has 1 fully saturated rings. The van der Waals surface area contributed by atoms with Crippen molar-refractivity contribution >= 4 is 11.6 Å². The lowest BCUT2D eigenvalue weighted by atomic mass is 9.89. The average molecular weight is 256 g/mol. The molecule has 2 rings (SSSR count). The van der Waals surface area contributed by atoms with Crippen molar-refractivity contribution < 1.29 is 4.39 Å². The van der Waals surface area contributed by atoms with E-state index in [9.17, 15) is 4.39 Å². The molecule has 17 heavy (non-hydrogen) atoms. The van der Waals surface area contributed by atoms with Crippen molar-refractivity contribution in [2.75, 3.05) is 13.6 Å². The van der Waals surface area contributed by atoms with E-state index in [1.54, 1.807) is 12.1 Å². The fourth-order valence-electron chi connectivity index (χ4n) is 2.90. The maximum atomic E-state index is 13.7. The van der Waals surface area contributed by atoms with E-state index >= 15 is 0 Å². The molecule has 3 heteroatoms. The Morgan fingerprint density at radius 2 is 2.12 bits per heavy atom. The highest BCUT2D eigenvalue weighted by Gasteiger charge is 2.27. The van der Waals surface area contributed by atoms with E-state index in [2.05, 4.69) is 5.32 Å². The van der Waals surface area contributed by atoms with Crippen molar-refractivity contribution in [1.82, 2.24) is 5.32 Å². The molecule has 1 aromatic carbocycles. The van der Waals surface area contributed by atoms with Crippen LogP contribution in [-0.4, -0.2) is 13.6 Å². The minimum absolute atomic E-state index is 0.121. The maximum Gasteiger partial charge on any atom is 0.126 e. The first kappa shape index (κ1) is 12.8. The van der Waals surface area contributed by atoms with E-state index in [-0.39, 0.29) is 5.82 Å². The summed E-state index contributed by atoms with van der Waals surface area (Å²) >= 11 is 5.92. The summed E-state index contributed by atoms with van der Waals surface area (Å²) in [6.45, 7) is 1.03. The third-order valence-corrected chi connectivity index (χ3v) is 4.01. The van der Waals surface area contributed by atoms with E-state index in [0.29, 0.717) is 16.9 Å². The van der Waals surface area contributed by atoms with Crippen molar-refractivity contribution in [2.45, 2.75) is 25.7 Å². The molecule has 2 atom stereocenters. The zero-order chi connectivity index (χ0) is 12.3. The Kier molecular flexibility index (Phi) is 4.41. The molecule has 0 spiro atoms. The molecule has 0 radical (unpaired) electrons. The van der Waals surface area contributed by atoms with Crippen LogP contribution in [0.15, 0.2) is 18.2 Å². The standard InChI is InChI=1S/C14H19ClFN/c1-17-9-11-4-2-3-10(11)7-12-8-13(15)5-6-14(12)16/h5-6,8,10-11,17H,2-4,7,9H2,1H3. The Balaban J connectivity index is 2.06. The monoisotopic (exact) mass is 255 g/mol. The van der Waals surface area contributed by atoms with Gasteiger partial charge in [-0.1, -0.05) is 18.0 Å². The van der Waals surface area contributed by atoms with Gasteiger partial charge in [0.15, 0.2) is 0 Å². The smallest absolute Gasteiger partial charge is 0.126 e. The second kappa shape index (κ2) is 5.83. The Bertz CT molecular complexity index is 380. The van der Waals surface area contributed by atoms with Crippen LogP contribution in [0, 0.1) is 17.7 Å². The highest BCUT2D eigenvalue weighted by atomic mass is 35.5. The molecular weight excluding hydrogens is 237 g/mol. The molecule has 0 aliphatic heterocycles. The Morgan fingerprint density at radius 1 is 1.35 bits per heavy atom. The molecular formula is C14H19ClFN. The predicted octanol–water partition coefficient (Wildman–Crippen LogP) is 3.66. The number of halogens is 2. The summed E-state index contributed by atoms with van der Waals surface area (Å²) in [6.07, 6.45) is 4.55.